The highest BCUT2D eigenvalue weighted by Crippen LogP contribution is 2.41. The van der Waals surface area contributed by atoms with Crippen LogP contribution in [-0.2, 0) is 14.6 Å². The molecule has 1 heterocycles. The number of hydrogen-bond donors (Lipinski definition) is 2. The highest BCUT2D eigenvalue weighted by molar-refractivity contribution is 7.93. The quantitative estimate of drug-likeness (QED) is 0.790. The van der Waals surface area contributed by atoms with E-state index in [1.165, 1.54) is 12.1 Å². The van der Waals surface area contributed by atoms with Crippen molar-refractivity contribution in [3.63, 3.8) is 0 Å². The fourth-order valence-electron chi connectivity index (χ4n) is 3.92. The Morgan fingerprint density at radius 3 is 2.52 bits per heavy atom. The summed E-state index contributed by atoms with van der Waals surface area (Å²) in [5, 5.41) is 6.69. The van der Waals surface area contributed by atoms with Crippen LogP contribution in [0.3, 0.4) is 0 Å². The van der Waals surface area contributed by atoms with Crippen LogP contribution in [0.1, 0.15) is 38.5 Å². The number of nitrogens with one attached hydrogen (secondary N) is 2. The molecule has 1 aliphatic carbocycles. The number of halogens is 1. The molecule has 25 heavy (non-hydrogen) atoms. The zero-order valence-corrected chi connectivity index (χ0v) is 15.8. The molecule has 7 heteroatoms. The lowest BCUT2D eigenvalue weighted by Crippen LogP contribution is -2.51. The summed E-state index contributed by atoms with van der Waals surface area (Å²) < 4.78 is 25.1. The molecule has 1 atom stereocenters. The molecule has 2 fully saturated rings. The predicted molar refractivity (Wildman–Crippen MR) is 98.4 cm³/mol. The Balaban J connectivity index is 1.75. The molecule has 5 nitrogen and oxygen atoms in total. The summed E-state index contributed by atoms with van der Waals surface area (Å²) in [5.41, 5.74) is 0. The number of benzene rings is 1. The van der Waals surface area contributed by atoms with E-state index in [1.807, 2.05) is 0 Å². The monoisotopic (exact) mass is 384 g/mol. The number of carbonyl (C=O) groups excluding carboxylic acids is 1. The van der Waals surface area contributed by atoms with E-state index in [4.69, 9.17) is 11.6 Å². The second-order valence-electron chi connectivity index (χ2n) is 7.06. The molecule has 1 amide bonds. The molecule has 0 spiro atoms. The van der Waals surface area contributed by atoms with Crippen LogP contribution >= 0.6 is 11.6 Å². The molecule has 0 bridgehead atoms. The largest absolute Gasteiger partial charge is 0.355 e. The van der Waals surface area contributed by atoms with Crippen molar-refractivity contribution in [1.29, 1.82) is 0 Å². The SMILES string of the molecule is O=C(NCCC1CCNC1)C1(S(=O)(=O)c2ccc(Cl)cc2)CCCC1. The molecule has 1 unspecified atom stereocenters. The van der Waals surface area contributed by atoms with Crippen LogP contribution in [-0.4, -0.2) is 38.7 Å². The van der Waals surface area contributed by atoms with Crippen molar-refractivity contribution in [3.05, 3.63) is 29.3 Å². The van der Waals surface area contributed by atoms with Gasteiger partial charge >= 0.3 is 0 Å². The first-order valence-electron chi connectivity index (χ1n) is 8.95. The van der Waals surface area contributed by atoms with Gasteiger partial charge in [0.15, 0.2) is 14.6 Å². The Labute approximate surface area is 154 Å². The Bertz CT molecular complexity index is 706. The van der Waals surface area contributed by atoms with E-state index in [0.29, 0.717) is 30.3 Å². The third kappa shape index (κ3) is 3.71. The molecular formula is C18H25ClN2O3S. The maximum atomic E-state index is 13.2. The third-order valence-corrected chi connectivity index (χ3v) is 8.23. The van der Waals surface area contributed by atoms with Gasteiger partial charge < -0.3 is 10.6 Å². The topological polar surface area (TPSA) is 75.3 Å². The highest BCUT2D eigenvalue weighted by Gasteiger charge is 2.52. The molecular weight excluding hydrogens is 360 g/mol. The van der Waals surface area contributed by atoms with E-state index >= 15 is 0 Å². The fourth-order valence-corrected chi connectivity index (χ4v) is 6.13. The standard InChI is InChI=1S/C18H25ClN2O3S/c19-15-3-5-16(6-4-15)25(23,24)18(9-1-2-10-18)17(22)21-12-8-14-7-11-20-13-14/h3-6,14,20H,1-2,7-13H2,(H,21,22). The molecule has 3 rings (SSSR count). The minimum Gasteiger partial charge on any atom is -0.355 e. The molecule has 1 aromatic carbocycles. The number of hydrogen-bond acceptors (Lipinski definition) is 4. The first kappa shape index (κ1) is 18.7. The van der Waals surface area contributed by atoms with Crippen LogP contribution in [0.4, 0.5) is 0 Å². The van der Waals surface area contributed by atoms with E-state index < -0.39 is 14.6 Å². The minimum atomic E-state index is -3.75. The smallest absolute Gasteiger partial charge is 0.241 e. The average molecular weight is 385 g/mol. The Hall–Kier alpha value is -1.11. The predicted octanol–water partition coefficient (Wildman–Crippen LogP) is 2.54. The fraction of sp³-hybridized carbons (Fsp3) is 0.611. The van der Waals surface area contributed by atoms with Crippen molar-refractivity contribution in [2.45, 2.75) is 48.2 Å². The first-order valence-corrected chi connectivity index (χ1v) is 10.8. The van der Waals surface area contributed by atoms with E-state index in [0.717, 1.165) is 38.8 Å². The lowest BCUT2D eigenvalue weighted by molar-refractivity contribution is -0.123. The molecule has 138 valence electrons. The normalized spacial score (nSPS) is 22.8. The van der Waals surface area contributed by atoms with Gasteiger partial charge in [-0.2, -0.15) is 0 Å². The summed E-state index contributed by atoms with van der Waals surface area (Å²) in [7, 11) is -3.75. The summed E-state index contributed by atoms with van der Waals surface area (Å²) in [6.45, 7) is 2.53. The Morgan fingerprint density at radius 2 is 1.92 bits per heavy atom. The zero-order valence-electron chi connectivity index (χ0n) is 14.3. The third-order valence-electron chi connectivity index (χ3n) is 5.46. The Kier molecular flexibility index (Phi) is 5.71. The second kappa shape index (κ2) is 7.64. The van der Waals surface area contributed by atoms with Gasteiger partial charge in [-0.1, -0.05) is 24.4 Å². The summed E-state index contributed by atoms with van der Waals surface area (Å²) in [6.07, 6.45) is 4.28. The summed E-state index contributed by atoms with van der Waals surface area (Å²) in [6, 6.07) is 6.11. The maximum Gasteiger partial charge on any atom is 0.241 e. The van der Waals surface area contributed by atoms with Gasteiger partial charge in [0.1, 0.15) is 0 Å². The minimum absolute atomic E-state index is 0.175. The first-order chi connectivity index (χ1) is 12.0. The van der Waals surface area contributed by atoms with Crippen LogP contribution in [0.25, 0.3) is 0 Å². The van der Waals surface area contributed by atoms with Crippen LogP contribution in [0.15, 0.2) is 29.2 Å². The van der Waals surface area contributed by atoms with Crippen molar-refractivity contribution in [3.8, 4) is 0 Å². The number of sulfone groups is 1. The van der Waals surface area contributed by atoms with Crippen molar-refractivity contribution in [2.24, 2.45) is 5.92 Å². The van der Waals surface area contributed by atoms with Gasteiger partial charge in [-0.25, -0.2) is 8.42 Å². The van der Waals surface area contributed by atoms with Crippen molar-refractivity contribution >= 4 is 27.3 Å². The molecule has 1 aliphatic heterocycles. The van der Waals surface area contributed by atoms with Crippen molar-refractivity contribution in [2.75, 3.05) is 19.6 Å². The van der Waals surface area contributed by atoms with E-state index in [-0.39, 0.29) is 10.8 Å². The zero-order chi connectivity index (χ0) is 17.9. The van der Waals surface area contributed by atoms with Crippen LogP contribution in [0.5, 0.6) is 0 Å². The number of rotatable bonds is 6. The second-order valence-corrected chi connectivity index (χ2v) is 9.76. The van der Waals surface area contributed by atoms with Crippen LogP contribution in [0.2, 0.25) is 5.02 Å². The molecule has 0 aromatic heterocycles. The Morgan fingerprint density at radius 1 is 1.24 bits per heavy atom. The van der Waals surface area contributed by atoms with Gasteiger partial charge in [-0.3, -0.25) is 4.79 Å². The van der Waals surface area contributed by atoms with Crippen LogP contribution < -0.4 is 10.6 Å². The van der Waals surface area contributed by atoms with Gasteiger partial charge in [0.05, 0.1) is 4.90 Å². The lowest BCUT2D eigenvalue weighted by atomic mass is 10.0. The number of carbonyl (C=O) groups is 1. The summed E-state index contributed by atoms with van der Waals surface area (Å²) in [5.74, 6) is 0.221. The van der Waals surface area contributed by atoms with Gasteiger partial charge in [-0.05, 0) is 69.0 Å². The van der Waals surface area contributed by atoms with Crippen molar-refractivity contribution in [1.82, 2.24) is 10.6 Å². The van der Waals surface area contributed by atoms with Gasteiger partial charge in [0, 0.05) is 11.6 Å². The van der Waals surface area contributed by atoms with Gasteiger partial charge in [0.2, 0.25) is 5.91 Å². The van der Waals surface area contributed by atoms with Gasteiger partial charge in [0.25, 0.3) is 0 Å². The van der Waals surface area contributed by atoms with Crippen molar-refractivity contribution < 1.29 is 13.2 Å². The molecule has 1 aromatic rings. The highest BCUT2D eigenvalue weighted by atomic mass is 35.5. The summed E-state index contributed by atoms with van der Waals surface area (Å²) >= 11 is 5.87. The van der Waals surface area contributed by atoms with Crippen LogP contribution in [0, 0.1) is 5.92 Å². The van der Waals surface area contributed by atoms with E-state index in [1.54, 1.807) is 12.1 Å². The maximum absolute atomic E-state index is 13.2. The lowest BCUT2D eigenvalue weighted by Gasteiger charge is -2.28. The molecule has 2 N–H and O–H groups in total. The summed E-state index contributed by atoms with van der Waals surface area (Å²) in [4.78, 5) is 13.1. The van der Waals surface area contributed by atoms with E-state index in [2.05, 4.69) is 10.6 Å². The average Bonchev–Trinajstić information content (AvgIpc) is 3.27. The van der Waals surface area contributed by atoms with Gasteiger partial charge in [-0.15, -0.1) is 0 Å². The molecule has 0 radical (unpaired) electrons. The molecule has 1 saturated carbocycles. The number of amides is 1. The molecule has 1 saturated heterocycles. The van der Waals surface area contributed by atoms with E-state index in [9.17, 15) is 13.2 Å². The molecule has 2 aliphatic rings.